The average molecular weight is 372 g/mol. The van der Waals surface area contributed by atoms with Crippen LogP contribution in [0.1, 0.15) is 12.8 Å². The fourth-order valence-corrected chi connectivity index (χ4v) is 3.51. The largest absolute Gasteiger partial charge is 0.479 e. The number of nitrogens with two attached hydrogens (primary N) is 1. The number of rotatable bonds is 9. The number of aliphatic carboxylic acids is 1. The van der Waals surface area contributed by atoms with E-state index in [-0.39, 0.29) is 25.1 Å². The molecule has 0 aromatic carbocycles. The lowest BCUT2D eigenvalue weighted by Crippen LogP contribution is -2.40. The first-order valence-corrected chi connectivity index (χ1v) is 8.13. The monoisotopic (exact) mass is 372 g/mol. The van der Waals surface area contributed by atoms with Crippen molar-refractivity contribution in [3.05, 3.63) is 11.1 Å². The standard InChI is InChI=1S/C13H18N5O6S/c1-23-16-8(9(14)19)7-6-25-12(15)17(7)5-3-4-13(11(21)22)10(20)18(13)24-2/h6,12,14H,3-5,15H2,1-2H3,(H,21,22). The molecule has 0 spiro atoms. The van der Waals surface area contributed by atoms with E-state index in [0.29, 0.717) is 5.70 Å². The van der Waals surface area contributed by atoms with E-state index in [0.717, 1.165) is 5.06 Å². The number of carbonyl (C=O) groups is 3. The maximum Gasteiger partial charge on any atom is 0.342 e. The lowest BCUT2D eigenvalue weighted by atomic mass is 10.0. The highest BCUT2D eigenvalue weighted by atomic mass is 32.2. The van der Waals surface area contributed by atoms with E-state index >= 15 is 0 Å². The normalized spacial score (nSPS) is 25.9. The first-order chi connectivity index (χ1) is 11.8. The molecule has 2 rings (SSSR count). The SMILES string of the molecule is CON=C(C([NH])=O)C1=CSC(N)N1CCCC1(C(=O)O)C(=O)N1OC. The topological polar surface area (TPSA) is 158 Å². The number of nitrogens with zero attached hydrogens (tertiary/aromatic N) is 3. The van der Waals surface area contributed by atoms with Crippen molar-refractivity contribution in [1.82, 2.24) is 15.7 Å². The number of carboxylic acid groups (broad SMARTS) is 1. The third-order valence-corrected chi connectivity index (χ3v) is 4.78. The Morgan fingerprint density at radius 3 is 2.68 bits per heavy atom. The molecule has 2 atom stereocenters. The van der Waals surface area contributed by atoms with Crippen LogP contribution in [-0.2, 0) is 24.1 Å². The van der Waals surface area contributed by atoms with Gasteiger partial charge >= 0.3 is 5.97 Å². The Morgan fingerprint density at radius 2 is 2.20 bits per heavy atom. The van der Waals surface area contributed by atoms with Gasteiger partial charge in [-0.15, -0.1) is 0 Å². The number of oxime groups is 1. The Kier molecular flexibility index (Phi) is 5.55. The third kappa shape index (κ3) is 3.27. The summed E-state index contributed by atoms with van der Waals surface area (Å²) >= 11 is 1.22. The van der Waals surface area contributed by atoms with Crippen LogP contribution >= 0.6 is 11.8 Å². The van der Waals surface area contributed by atoms with Gasteiger partial charge < -0.3 is 20.6 Å². The Labute approximate surface area is 147 Å². The van der Waals surface area contributed by atoms with Crippen LogP contribution in [0.2, 0.25) is 0 Å². The van der Waals surface area contributed by atoms with Gasteiger partial charge in [0.2, 0.25) is 5.54 Å². The lowest BCUT2D eigenvalue weighted by molar-refractivity contribution is -0.150. The summed E-state index contributed by atoms with van der Waals surface area (Å²) in [5, 5.41) is 15.3. The number of hydroxylamine groups is 2. The minimum absolute atomic E-state index is 0.0156. The molecule has 0 saturated carbocycles. The summed E-state index contributed by atoms with van der Waals surface area (Å²) in [5.41, 5.74) is 11.2. The minimum Gasteiger partial charge on any atom is -0.479 e. The van der Waals surface area contributed by atoms with Gasteiger partial charge in [-0.05, 0) is 12.8 Å². The van der Waals surface area contributed by atoms with Gasteiger partial charge in [-0.3, -0.25) is 20.2 Å². The van der Waals surface area contributed by atoms with Crippen molar-refractivity contribution >= 4 is 35.3 Å². The molecule has 0 aliphatic carbocycles. The number of hydrogen-bond acceptors (Lipinski definition) is 9. The molecule has 1 radical (unpaired) electrons. The van der Waals surface area contributed by atoms with E-state index in [2.05, 4.69) is 9.99 Å². The Balaban J connectivity index is 2.05. The van der Waals surface area contributed by atoms with Crippen molar-refractivity contribution in [2.24, 2.45) is 10.9 Å². The summed E-state index contributed by atoms with van der Waals surface area (Å²) in [7, 11) is 2.48. The second-order valence-corrected chi connectivity index (χ2v) is 6.22. The van der Waals surface area contributed by atoms with Crippen molar-refractivity contribution in [2.45, 2.75) is 23.9 Å². The number of carbonyl (C=O) groups excluding carboxylic acids is 2. The molecule has 0 bridgehead atoms. The fourth-order valence-electron chi connectivity index (χ4n) is 2.63. The predicted molar refractivity (Wildman–Crippen MR) is 86.4 cm³/mol. The van der Waals surface area contributed by atoms with Crippen molar-refractivity contribution < 1.29 is 29.2 Å². The average Bonchev–Trinajstić information content (AvgIpc) is 2.98. The van der Waals surface area contributed by atoms with E-state index in [9.17, 15) is 19.5 Å². The molecule has 137 valence electrons. The molecule has 4 N–H and O–H groups in total. The van der Waals surface area contributed by atoms with Crippen molar-refractivity contribution in [3.63, 3.8) is 0 Å². The first kappa shape index (κ1) is 19.0. The summed E-state index contributed by atoms with van der Waals surface area (Å²) < 4.78 is 0. The summed E-state index contributed by atoms with van der Waals surface area (Å²) in [6.45, 7) is 0.260. The highest BCUT2D eigenvalue weighted by Crippen LogP contribution is 2.39. The van der Waals surface area contributed by atoms with Crippen LogP contribution in [0.4, 0.5) is 0 Å². The molecule has 2 heterocycles. The quantitative estimate of drug-likeness (QED) is 0.222. The molecule has 25 heavy (non-hydrogen) atoms. The Morgan fingerprint density at radius 1 is 1.52 bits per heavy atom. The smallest absolute Gasteiger partial charge is 0.342 e. The highest BCUT2D eigenvalue weighted by molar-refractivity contribution is 8.02. The first-order valence-electron chi connectivity index (χ1n) is 7.18. The number of thioether (sulfide) groups is 1. The molecule has 2 amide bonds. The minimum atomic E-state index is -1.68. The van der Waals surface area contributed by atoms with Gasteiger partial charge in [0.15, 0.2) is 5.71 Å². The zero-order chi connectivity index (χ0) is 18.8. The molecule has 2 aliphatic rings. The molecule has 1 saturated heterocycles. The van der Waals surface area contributed by atoms with Crippen molar-refractivity contribution in [3.8, 4) is 0 Å². The predicted octanol–water partition coefficient (Wildman–Crippen LogP) is -1.06. The summed E-state index contributed by atoms with van der Waals surface area (Å²) in [6, 6.07) is 0. The molecule has 0 aromatic rings. The maximum absolute atomic E-state index is 11.7. The van der Waals surface area contributed by atoms with E-state index in [1.165, 1.54) is 26.0 Å². The van der Waals surface area contributed by atoms with Crippen LogP contribution in [0.15, 0.2) is 16.3 Å². The molecule has 12 heteroatoms. The molecule has 0 aromatic heterocycles. The van der Waals surface area contributed by atoms with E-state index in [1.807, 2.05) is 0 Å². The van der Waals surface area contributed by atoms with Crippen LogP contribution in [0, 0.1) is 0 Å². The number of hydrogen-bond donors (Lipinski definition) is 2. The van der Waals surface area contributed by atoms with Crippen LogP contribution in [0.25, 0.3) is 0 Å². The number of carboxylic acids is 1. The van der Waals surface area contributed by atoms with Gasteiger partial charge in [-0.25, -0.2) is 4.79 Å². The van der Waals surface area contributed by atoms with Crippen LogP contribution in [0.5, 0.6) is 0 Å². The second kappa shape index (κ2) is 7.29. The molecule has 11 nitrogen and oxygen atoms in total. The van der Waals surface area contributed by atoms with E-state index in [1.54, 1.807) is 10.3 Å². The zero-order valence-corrected chi connectivity index (χ0v) is 14.4. The van der Waals surface area contributed by atoms with Gasteiger partial charge in [-0.1, -0.05) is 16.9 Å². The van der Waals surface area contributed by atoms with Gasteiger partial charge in [0.1, 0.15) is 12.6 Å². The second-order valence-electron chi connectivity index (χ2n) is 5.23. The molecular weight excluding hydrogens is 354 g/mol. The zero-order valence-electron chi connectivity index (χ0n) is 13.6. The van der Waals surface area contributed by atoms with Gasteiger partial charge in [0, 0.05) is 12.0 Å². The third-order valence-electron chi connectivity index (χ3n) is 3.88. The van der Waals surface area contributed by atoms with Crippen LogP contribution in [0.3, 0.4) is 0 Å². The Bertz CT molecular complexity index is 653. The molecule has 1 fully saturated rings. The van der Waals surface area contributed by atoms with Gasteiger partial charge in [0.05, 0.1) is 12.8 Å². The fraction of sp³-hybridized carbons (Fsp3) is 0.538. The van der Waals surface area contributed by atoms with Gasteiger partial charge in [-0.2, -0.15) is 5.06 Å². The van der Waals surface area contributed by atoms with Crippen molar-refractivity contribution in [2.75, 3.05) is 20.8 Å². The lowest BCUT2D eigenvalue weighted by Gasteiger charge is -2.26. The van der Waals surface area contributed by atoms with Gasteiger partial charge in [0.25, 0.3) is 11.8 Å². The summed E-state index contributed by atoms with van der Waals surface area (Å²) in [6.07, 6.45) is 0.303. The molecule has 2 unspecified atom stereocenters. The number of amides is 2. The van der Waals surface area contributed by atoms with E-state index < -0.39 is 28.8 Å². The summed E-state index contributed by atoms with van der Waals surface area (Å²) in [5.74, 6) is -2.92. The Hall–Kier alpha value is -2.31. The molecular formula is C13H18N5O6S. The maximum atomic E-state index is 11.7. The highest BCUT2D eigenvalue weighted by Gasteiger charge is 2.70. The summed E-state index contributed by atoms with van der Waals surface area (Å²) in [4.78, 5) is 45.5. The van der Waals surface area contributed by atoms with E-state index in [4.69, 9.17) is 16.3 Å². The van der Waals surface area contributed by atoms with Crippen LogP contribution in [-0.4, -0.2) is 70.4 Å². The number of nitrogens with one attached hydrogen (secondary N) is 1. The van der Waals surface area contributed by atoms with Crippen molar-refractivity contribution in [1.29, 1.82) is 0 Å². The molecule has 2 aliphatic heterocycles. The van der Waals surface area contributed by atoms with Crippen LogP contribution < -0.4 is 11.5 Å².